The molecule has 0 aromatic rings. The van der Waals surface area contributed by atoms with Crippen LogP contribution in [-0.4, -0.2) is 35.5 Å². The van der Waals surface area contributed by atoms with E-state index in [1.54, 1.807) is 0 Å². The van der Waals surface area contributed by atoms with E-state index in [2.05, 4.69) is 39.5 Å². The molecule has 4 heteroatoms. The number of carboxylic acids is 1. The molecule has 0 saturated carbocycles. The molecule has 0 aliphatic carbocycles. The van der Waals surface area contributed by atoms with Crippen molar-refractivity contribution in [1.29, 1.82) is 0 Å². The van der Waals surface area contributed by atoms with Crippen LogP contribution >= 0.6 is 0 Å². The van der Waals surface area contributed by atoms with Gasteiger partial charge in [0.2, 0.25) is 0 Å². The van der Waals surface area contributed by atoms with Crippen LogP contribution in [0.15, 0.2) is 47.1 Å². The highest BCUT2D eigenvalue weighted by Crippen LogP contribution is 2.27. The molecule has 29 heavy (non-hydrogen) atoms. The van der Waals surface area contributed by atoms with Crippen molar-refractivity contribution in [2.45, 2.75) is 84.7 Å². The Kier molecular flexibility index (Phi) is 12.6. The van der Waals surface area contributed by atoms with Crippen LogP contribution in [0, 0.1) is 5.92 Å². The van der Waals surface area contributed by atoms with Crippen LogP contribution in [0.4, 0.5) is 0 Å². The molecule has 1 saturated heterocycles. The zero-order valence-corrected chi connectivity index (χ0v) is 18.6. The fourth-order valence-electron chi connectivity index (χ4n) is 3.67. The first-order valence-electron chi connectivity index (χ1n) is 10.9. The minimum atomic E-state index is -0.951. The van der Waals surface area contributed by atoms with Crippen LogP contribution in [0.3, 0.4) is 0 Å². The van der Waals surface area contributed by atoms with E-state index in [-0.39, 0.29) is 18.3 Å². The molecular weight excluding hydrogens is 364 g/mol. The van der Waals surface area contributed by atoms with Crippen molar-refractivity contribution < 1.29 is 19.7 Å². The number of carbonyl (C=O) groups is 1. The fraction of sp³-hybridized carbons (Fsp3) is 0.640. The van der Waals surface area contributed by atoms with E-state index in [9.17, 15) is 4.79 Å². The Hall–Kier alpha value is -1.65. The molecule has 0 unspecified atom stereocenters. The van der Waals surface area contributed by atoms with Gasteiger partial charge in [-0.3, -0.25) is 0 Å². The molecule has 164 valence electrons. The summed E-state index contributed by atoms with van der Waals surface area (Å²) >= 11 is 0. The van der Waals surface area contributed by atoms with Gasteiger partial charge in [-0.25, -0.2) is 4.79 Å². The molecule has 1 aliphatic heterocycles. The summed E-state index contributed by atoms with van der Waals surface area (Å²) in [7, 11) is 0. The Bertz CT molecular complexity index is 604. The van der Waals surface area contributed by atoms with Gasteiger partial charge in [0.05, 0.1) is 24.9 Å². The zero-order valence-electron chi connectivity index (χ0n) is 18.6. The highest BCUT2D eigenvalue weighted by atomic mass is 16.5. The van der Waals surface area contributed by atoms with Gasteiger partial charge in [0, 0.05) is 0 Å². The zero-order chi connectivity index (χ0) is 21.6. The highest BCUT2D eigenvalue weighted by molar-refractivity contribution is 5.86. The Balaban J connectivity index is 2.18. The Morgan fingerprint density at radius 3 is 2.10 bits per heavy atom. The molecule has 0 radical (unpaired) electrons. The van der Waals surface area contributed by atoms with E-state index in [1.807, 2.05) is 6.08 Å². The predicted octanol–water partition coefficient (Wildman–Crippen LogP) is 5.98. The van der Waals surface area contributed by atoms with Gasteiger partial charge in [0.1, 0.15) is 0 Å². The van der Waals surface area contributed by atoms with Crippen molar-refractivity contribution in [3.8, 4) is 0 Å². The van der Waals surface area contributed by atoms with Crippen molar-refractivity contribution in [2.75, 3.05) is 13.2 Å². The maximum atomic E-state index is 11.0. The molecule has 0 amide bonds. The lowest BCUT2D eigenvalue weighted by molar-refractivity contribution is -0.135. The van der Waals surface area contributed by atoms with Crippen molar-refractivity contribution in [1.82, 2.24) is 0 Å². The molecule has 2 atom stereocenters. The van der Waals surface area contributed by atoms with Gasteiger partial charge in [-0.1, -0.05) is 41.5 Å². The van der Waals surface area contributed by atoms with Crippen LogP contribution in [0.5, 0.6) is 0 Å². The molecule has 1 heterocycles. The largest absolute Gasteiger partial charge is 0.478 e. The van der Waals surface area contributed by atoms with Crippen molar-refractivity contribution in [3.63, 3.8) is 0 Å². The fourth-order valence-corrected chi connectivity index (χ4v) is 3.67. The van der Waals surface area contributed by atoms with Gasteiger partial charge >= 0.3 is 5.97 Å². The number of hydrogen-bond donors (Lipinski definition) is 2. The number of aliphatic hydroxyl groups is 1. The molecule has 0 bridgehead atoms. The summed E-state index contributed by atoms with van der Waals surface area (Å²) in [5.74, 6) is -0.415. The first kappa shape index (κ1) is 25.4. The second kappa shape index (κ2) is 14.4. The maximum Gasteiger partial charge on any atom is 0.333 e. The van der Waals surface area contributed by atoms with Gasteiger partial charge < -0.3 is 14.9 Å². The summed E-state index contributed by atoms with van der Waals surface area (Å²) < 4.78 is 5.71. The van der Waals surface area contributed by atoms with Crippen molar-refractivity contribution >= 4 is 5.97 Å². The minimum Gasteiger partial charge on any atom is -0.478 e. The summed E-state index contributed by atoms with van der Waals surface area (Å²) in [6.07, 6.45) is 15.7. The topological polar surface area (TPSA) is 66.8 Å². The Morgan fingerprint density at radius 2 is 1.59 bits per heavy atom. The molecule has 1 fully saturated rings. The normalized spacial score (nSPS) is 21.3. The maximum absolute atomic E-state index is 11.0. The second-order valence-corrected chi connectivity index (χ2v) is 8.40. The number of aliphatic hydroxyl groups excluding tert-OH is 1. The molecule has 0 aromatic heterocycles. The smallest absolute Gasteiger partial charge is 0.333 e. The molecule has 4 nitrogen and oxygen atoms in total. The van der Waals surface area contributed by atoms with E-state index in [0.29, 0.717) is 12.5 Å². The average Bonchev–Trinajstić information content (AvgIpc) is 2.68. The third-order valence-corrected chi connectivity index (χ3v) is 5.72. The molecule has 1 aliphatic rings. The summed E-state index contributed by atoms with van der Waals surface area (Å²) in [5.41, 5.74) is 4.32. The predicted molar refractivity (Wildman–Crippen MR) is 120 cm³/mol. The van der Waals surface area contributed by atoms with Crippen LogP contribution in [0.2, 0.25) is 0 Å². The molecule has 0 aromatic carbocycles. The third-order valence-electron chi connectivity index (χ3n) is 5.72. The van der Waals surface area contributed by atoms with E-state index < -0.39 is 5.97 Å². The summed E-state index contributed by atoms with van der Waals surface area (Å²) in [6, 6.07) is 0. The lowest BCUT2D eigenvalue weighted by Crippen LogP contribution is -2.29. The summed E-state index contributed by atoms with van der Waals surface area (Å²) in [5, 5.41) is 17.9. The first-order chi connectivity index (χ1) is 13.8. The number of rotatable bonds is 13. The van der Waals surface area contributed by atoms with E-state index in [0.717, 1.165) is 57.8 Å². The van der Waals surface area contributed by atoms with E-state index >= 15 is 0 Å². The van der Waals surface area contributed by atoms with Crippen LogP contribution in [-0.2, 0) is 9.53 Å². The Labute approximate surface area is 177 Å². The van der Waals surface area contributed by atoms with Gasteiger partial charge in [-0.2, -0.15) is 0 Å². The number of allylic oxidation sites excluding steroid dienone is 5. The van der Waals surface area contributed by atoms with Crippen molar-refractivity contribution in [2.24, 2.45) is 5.92 Å². The third kappa shape index (κ3) is 11.2. The van der Waals surface area contributed by atoms with Gasteiger partial charge in [-0.05, 0) is 84.5 Å². The Morgan fingerprint density at radius 1 is 1.00 bits per heavy atom. The average molecular weight is 405 g/mol. The number of carboxylic acid groups (broad SMARTS) is 1. The molecule has 2 N–H and O–H groups in total. The first-order valence-corrected chi connectivity index (χ1v) is 10.9. The van der Waals surface area contributed by atoms with Gasteiger partial charge in [0.15, 0.2) is 0 Å². The summed E-state index contributed by atoms with van der Waals surface area (Å²) in [4.78, 5) is 11.0. The monoisotopic (exact) mass is 404 g/mol. The van der Waals surface area contributed by atoms with Crippen LogP contribution in [0.25, 0.3) is 0 Å². The van der Waals surface area contributed by atoms with Gasteiger partial charge in [-0.15, -0.1) is 0 Å². The number of hydrogen-bond acceptors (Lipinski definition) is 3. The lowest BCUT2D eigenvalue weighted by atomic mass is 9.90. The number of ether oxygens (including phenoxy) is 1. The standard InChI is InChI=1S/C25H40O4/c1-19(10-6-11-21(3)16-17-26)8-5-9-20(2)12-7-13-23-14-15-24(29-18-23)22(4)25(27)28/h9-10,16,23-24,26H,4-8,11-15,17-18H2,1-3H3,(H,27,28)/b19-10+,20-9+,21-16+/t23-,24+/m0/s1. The highest BCUT2D eigenvalue weighted by Gasteiger charge is 2.26. The van der Waals surface area contributed by atoms with Gasteiger partial charge in [0.25, 0.3) is 0 Å². The van der Waals surface area contributed by atoms with Crippen LogP contribution in [0.1, 0.15) is 78.6 Å². The molecule has 1 rings (SSSR count). The minimum absolute atomic E-state index is 0.132. The number of aliphatic carboxylic acids is 1. The molecule has 0 spiro atoms. The SMILES string of the molecule is C=C(C(=O)O)[C@H]1CC[C@H](CCC/C(C)=C/CC/C(C)=C/CC/C(C)=C/CO)CO1. The quantitative estimate of drug-likeness (QED) is 0.292. The summed E-state index contributed by atoms with van der Waals surface area (Å²) in [6.45, 7) is 10.9. The van der Waals surface area contributed by atoms with E-state index in [4.69, 9.17) is 14.9 Å². The second-order valence-electron chi connectivity index (χ2n) is 8.40. The molecular formula is C25H40O4. The lowest BCUT2D eigenvalue weighted by Gasteiger charge is -2.29. The van der Waals surface area contributed by atoms with E-state index in [1.165, 1.54) is 16.7 Å². The van der Waals surface area contributed by atoms with Crippen molar-refractivity contribution in [3.05, 3.63) is 47.1 Å². The van der Waals surface area contributed by atoms with Crippen LogP contribution < -0.4 is 0 Å².